The van der Waals surface area contributed by atoms with Crippen LogP contribution in [0.25, 0.3) is 0 Å². The third-order valence-electron chi connectivity index (χ3n) is 2.50. The Kier molecular flexibility index (Phi) is 3.42. The van der Waals surface area contributed by atoms with Crippen molar-refractivity contribution in [2.24, 2.45) is 0 Å². The lowest BCUT2D eigenvalue weighted by atomic mass is 10.1. The van der Waals surface area contributed by atoms with E-state index >= 15 is 0 Å². The zero-order valence-corrected chi connectivity index (χ0v) is 10.4. The standard InChI is InChI=1S/C11H10BrFN2O2/c12-6-1-2-7(13)9(5-6)14-8-3-4-10(16)15-11(8)17/h1-2,5,8,14H,3-4H2,(H,15,16,17). The Balaban J connectivity index is 2.13. The summed E-state index contributed by atoms with van der Waals surface area (Å²) in [7, 11) is 0. The van der Waals surface area contributed by atoms with E-state index in [2.05, 4.69) is 26.6 Å². The maximum absolute atomic E-state index is 13.4. The second-order valence-electron chi connectivity index (χ2n) is 3.77. The quantitative estimate of drug-likeness (QED) is 0.819. The molecule has 1 fully saturated rings. The number of carbonyl (C=O) groups is 2. The van der Waals surface area contributed by atoms with Crippen LogP contribution < -0.4 is 10.6 Å². The normalized spacial score (nSPS) is 20.0. The van der Waals surface area contributed by atoms with Crippen LogP contribution in [0.15, 0.2) is 22.7 Å². The number of amides is 2. The number of imide groups is 1. The fraction of sp³-hybridized carbons (Fsp3) is 0.273. The summed E-state index contributed by atoms with van der Waals surface area (Å²) < 4.78 is 14.2. The van der Waals surface area contributed by atoms with Crippen LogP contribution in [-0.4, -0.2) is 17.9 Å². The summed E-state index contributed by atoms with van der Waals surface area (Å²) in [4.78, 5) is 22.4. The molecule has 1 unspecified atom stereocenters. The smallest absolute Gasteiger partial charge is 0.249 e. The molecule has 1 saturated heterocycles. The van der Waals surface area contributed by atoms with Crippen molar-refractivity contribution in [2.45, 2.75) is 18.9 Å². The number of hydrogen-bond acceptors (Lipinski definition) is 3. The summed E-state index contributed by atoms with van der Waals surface area (Å²) in [5, 5.41) is 5.00. The van der Waals surface area contributed by atoms with E-state index in [0.29, 0.717) is 10.9 Å². The largest absolute Gasteiger partial charge is 0.371 e. The molecule has 1 aliphatic rings. The van der Waals surface area contributed by atoms with Crippen LogP contribution in [-0.2, 0) is 9.59 Å². The SMILES string of the molecule is O=C1CCC(Nc2cc(Br)ccc2F)C(=O)N1. The summed E-state index contributed by atoms with van der Waals surface area (Å²) in [6.07, 6.45) is 0.635. The Bertz CT molecular complexity index is 479. The molecule has 1 atom stereocenters. The van der Waals surface area contributed by atoms with Gasteiger partial charge in [-0.2, -0.15) is 0 Å². The van der Waals surface area contributed by atoms with Crippen molar-refractivity contribution in [2.75, 3.05) is 5.32 Å². The Labute approximate surface area is 106 Å². The monoisotopic (exact) mass is 300 g/mol. The van der Waals surface area contributed by atoms with E-state index in [0.717, 1.165) is 0 Å². The molecular weight excluding hydrogens is 291 g/mol. The number of nitrogens with one attached hydrogen (secondary N) is 2. The van der Waals surface area contributed by atoms with Crippen LogP contribution >= 0.6 is 15.9 Å². The van der Waals surface area contributed by atoms with Gasteiger partial charge in [-0.3, -0.25) is 14.9 Å². The number of piperidine rings is 1. The average Bonchev–Trinajstić information content (AvgIpc) is 2.27. The molecule has 2 rings (SSSR count). The Morgan fingerprint density at radius 2 is 2.18 bits per heavy atom. The predicted octanol–water partition coefficient (Wildman–Crippen LogP) is 1.81. The predicted molar refractivity (Wildman–Crippen MR) is 63.9 cm³/mol. The van der Waals surface area contributed by atoms with Crippen LogP contribution in [0.1, 0.15) is 12.8 Å². The molecule has 90 valence electrons. The zero-order valence-electron chi connectivity index (χ0n) is 8.80. The molecule has 2 N–H and O–H groups in total. The van der Waals surface area contributed by atoms with Crippen LogP contribution in [0.2, 0.25) is 0 Å². The number of carbonyl (C=O) groups excluding carboxylic acids is 2. The van der Waals surface area contributed by atoms with Crippen LogP contribution in [0.5, 0.6) is 0 Å². The molecule has 6 heteroatoms. The van der Waals surface area contributed by atoms with Crippen molar-refractivity contribution in [1.82, 2.24) is 5.32 Å². The van der Waals surface area contributed by atoms with Crippen molar-refractivity contribution in [3.63, 3.8) is 0 Å². The van der Waals surface area contributed by atoms with Crippen LogP contribution in [0.4, 0.5) is 10.1 Å². The van der Waals surface area contributed by atoms with E-state index in [1.54, 1.807) is 12.1 Å². The molecule has 0 spiro atoms. The van der Waals surface area contributed by atoms with Crippen molar-refractivity contribution in [1.29, 1.82) is 0 Å². The van der Waals surface area contributed by atoms with E-state index in [4.69, 9.17) is 0 Å². The second kappa shape index (κ2) is 4.83. The summed E-state index contributed by atoms with van der Waals surface area (Å²) in [5.41, 5.74) is 0.244. The minimum absolute atomic E-state index is 0.244. The Morgan fingerprint density at radius 3 is 2.88 bits per heavy atom. The van der Waals surface area contributed by atoms with Gasteiger partial charge in [0.1, 0.15) is 11.9 Å². The van der Waals surface area contributed by atoms with Crippen LogP contribution in [0, 0.1) is 5.82 Å². The van der Waals surface area contributed by atoms with Crippen LogP contribution in [0.3, 0.4) is 0 Å². The second-order valence-corrected chi connectivity index (χ2v) is 4.69. The molecular formula is C11H10BrFN2O2. The molecule has 0 saturated carbocycles. The van der Waals surface area contributed by atoms with Crippen molar-refractivity contribution in [3.8, 4) is 0 Å². The molecule has 1 heterocycles. The molecule has 2 amide bonds. The number of hydrogen-bond donors (Lipinski definition) is 2. The van der Waals surface area contributed by atoms with Gasteiger partial charge in [-0.1, -0.05) is 15.9 Å². The third-order valence-corrected chi connectivity index (χ3v) is 2.99. The van der Waals surface area contributed by atoms with Crippen molar-refractivity contribution >= 4 is 33.4 Å². The van der Waals surface area contributed by atoms with Gasteiger partial charge in [0.05, 0.1) is 5.69 Å². The Morgan fingerprint density at radius 1 is 1.41 bits per heavy atom. The van der Waals surface area contributed by atoms with Crippen molar-refractivity contribution in [3.05, 3.63) is 28.5 Å². The fourth-order valence-corrected chi connectivity index (χ4v) is 1.99. The molecule has 0 aromatic heterocycles. The van der Waals surface area contributed by atoms with E-state index in [1.807, 2.05) is 0 Å². The first-order valence-corrected chi connectivity index (χ1v) is 5.91. The van der Waals surface area contributed by atoms with E-state index < -0.39 is 17.8 Å². The summed E-state index contributed by atoms with van der Waals surface area (Å²) in [5.74, 6) is -1.14. The first kappa shape index (κ1) is 12.0. The highest BCUT2D eigenvalue weighted by molar-refractivity contribution is 9.10. The van der Waals surface area contributed by atoms with Gasteiger partial charge in [-0.15, -0.1) is 0 Å². The molecule has 1 aliphatic heterocycles. The van der Waals surface area contributed by atoms with Gasteiger partial charge in [0.15, 0.2) is 0 Å². The lowest BCUT2D eigenvalue weighted by Crippen LogP contribution is -2.47. The minimum Gasteiger partial charge on any atom is -0.371 e. The fourth-order valence-electron chi connectivity index (χ4n) is 1.63. The molecule has 0 aliphatic carbocycles. The Hall–Kier alpha value is -1.43. The zero-order chi connectivity index (χ0) is 12.4. The van der Waals surface area contributed by atoms with E-state index in [-0.39, 0.29) is 18.0 Å². The molecule has 1 aromatic carbocycles. The summed E-state index contributed by atoms with van der Waals surface area (Å²) in [6, 6.07) is 3.86. The van der Waals surface area contributed by atoms with Crippen molar-refractivity contribution < 1.29 is 14.0 Å². The third kappa shape index (κ3) is 2.82. The van der Waals surface area contributed by atoms with Gasteiger partial charge in [0.2, 0.25) is 11.8 Å². The molecule has 0 bridgehead atoms. The van der Waals surface area contributed by atoms with E-state index in [9.17, 15) is 14.0 Å². The van der Waals surface area contributed by atoms with Gasteiger partial charge < -0.3 is 5.32 Å². The van der Waals surface area contributed by atoms with Gasteiger partial charge >= 0.3 is 0 Å². The van der Waals surface area contributed by atoms with Gasteiger partial charge in [-0.25, -0.2) is 4.39 Å². The summed E-state index contributed by atoms with van der Waals surface area (Å²) in [6.45, 7) is 0. The lowest BCUT2D eigenvalue weighted by molar-refractivity contribution is -0.133. The first-order chi connectivity index (χ1) is 8.06. The molecule has 1 aromatic rings. The maximum Gasteiger partial charge on any atom is 0.249 e. The minimum atomic E-state index is -0.573. The van der Waals surface area contributed by atoms with Gasteiger partial charge in [0, 0.05) is 10.9 Å². The lowest BCUT2D eigenvalue weighted by Gasteiger charge is -2.23. The topological polar surface area (TPSA) is 58.2 Å². The van der Waals surface area contributed by atoms with Gasteiger partial charge in [0.25, 0.3) is 0 Å². The highest BCUT2D eigenvalue weighted by Crippen LogP contribution is 2.22. The first-order valence-electron chi connectivity index (χ1n) is 5.11. The van der Waals surface area contributed by atoms with E-state index in [1.165, 1.54) is 6.07 Å². The maximum atomic E-state index is 13.4. The number of anilines is 1. The molecule has 0 radical (unpaired) electrons. The van der Waals surface area contributed by atoms with Gasteiger partial charge in [-0.05, 0) is 24.6 Å². The number of rotatable bonds is 2. The number of halogens is 2. The summed E-state index contributed by atoms with van der Waals surface area (Å²) >= 11 is 3.22. The highest BCUT2D eigenvalue weighted by atomic mass is 79.9. The molecule has 17 heavy (non-hydrogen) atoms. The molecule has 4 nitrogen and oxygen atoms in total. The average molecular weight is 301 g/mol. The highest BCUT2D eigenvalue weighted by Gasteiger charge is 2.26. The number of benzene rings is 1.